The molecule has 0 radical (unpaired) electrons. The number of rotatable bonds is 4. The summed E-state index contributed by atoms with van der Waals surface area (Å²) in [6.07, 6.45) is 0.773. The van der Waals surface area contributed by atoms with E-state index >= 15 is 0 Å². The van der Waals surface area contributed by atoms with Crippen molar-refractivity contribution in [1.29, 1.82) is 0 Å². The van der Waals surface area contributed by atoms with Gasteiger partial charge in [-0.2, -0.15) is 0 Å². The number of sulfonamides is 1. The van der Waals surface area contributed by atoms with Crippen molar-refractivity contribution in [2.45, 2.75) is 51.2 Å². The summed E-state index contributed by atoms with van der Waals surface area (Å²) in [5.74, 6) is 0. The van der Waals surface area contributed by atoms with Gasteiger partial charge in [-0.1, -0.05) is 13.8 Å². The third kappa shape index (κ3) is 2.80. The summed E-state index contributed by atoms with van der Waals surface area (Å²) in [5, 5.41) is 0. The number of benzene rings is 1. The highest BCUT2D eigenvalue weighted by atomic mass is 32.2. The van der Waals surface area contributed by atoms with Gasteiger partial charge in [0.2, 0.25) is 10.0 Å². The predicted molar refractivity (Wildman–Crippen MR) is 83.6 cm³/mol. The maximum absolute atomic E-state index is 12.7. The van der Waals surface area contributed by atoms with Crippen LogP contribution in [0, 0.1) is 19.3 Å². The predicted octanol–water partition coefficient (Wildman–Crippen LogP) is 1.98. The van der Waals surface area contributed by atoms with E-state index in [1.165, 1.54) is 0 Å². The summed E-state index contributed by atoms with van der Waals surface area (Å²) in [4.78, 5) is 0.327. The van der Waals surface area contributed by atoms with Gasteiger partial charge in [-0.25, -0.2) is 13.1 Å². The Morgan fingerprint density at radius 3 is 2.24 bits per heavy atom. The van der Waals surface area contributed by atoms with Crippen molar-refractivity contribution in [1.82, 2.24) is 4.72 Å². The minimum Gasteiger partial charge on any atom is -0.399 e. The lowest BCUT2D eigenvalue weighted by Gasteiger charge is -2.51. The van der Waals surface area contributed by atoms with Crippen molar-refractivity contribution in [3.05, 3.63) is 23.3 Å². The summed E-state index contributed by atoms with van der Waals surface area (Å²) < 4.78 is 33.5. The lowest BCUT2D eigenvalue weighted by molar-refractivity contribution is -0.0908. The van der Waals surface area contributed by atoms with E-state index in [0.717, 1.165) is 0 Å². The molecule has 0 aromatic heterocycles. The Morgan fingerprint density at radius 2 is 1.81 bits per heavy atom. The first-order valence-corrected chi connectivity index (χ1v) is 8.49. The van der Waals surface area contributed by atoms with Gasteiger partial charge in [0.15, 0.2) is 0 Å². The molecule has 1 aliphatic carbocycles. The van der Waals surface area contributed by atoms with E-state index in [-0.39, 0.29) is 17.6 Å². The third-order valence-corrected chi connectivity index (χ3v) is 6.29. The van der Waals surface area contributed by atoms with Crippen LogP contribution in [0.4, 0.5) is 5.69 Å². The van der Waals surface area contributed by atoms with Crippen LogP contribution in [0.2, 0.25) is 0 Å². The van der Waals surface area contributed by atoms with E-state index < -0.39 is 10.0 Å². The molecule has 2 unspecified atom stereocenters. The van der Waals surface area contributed by atoms with E-state index in [4.69, 9.17) is 10.5 Å². The average Bonchev–Trinajstić information content (AvgIpc) is 2.32. The lowest BCUT2D eigenvalue weighted by atomic mass is 9.65. The van der Waals surface area contributed by atoms with Crippen LogP contribution >= 0.6 is 0 Å². The highest BCUT2D eigenvalue weighted by Crippen LogP contribution is 2.43. The molecule has 0 spiro atoms. The zero-order valence-electron chi connectivity index (χ0n) is 13.2. The first kappa shape index (κ1) is 16.3. The molecule has 6 heteroatoms. The largest absolute Gasteiger partial charge is 0.399 e. The molecule has 1 aromatic carbocycles. The molecule has 118 valence electrons. The molecule has 3 N–H and O–H groups in total. The number of aryl methyl sites for hydroxylation is 2. The quantitative estimate of drug-likeness (QED) is 0.833. The van der Waals surface area contributed by atoms with E-state index in [1.54, 1.807) is 33.1 Å². The topological polar surface area (TPSA) is 81.4 Å². The highest BCUT2D eigenvalue weighted by Gasteiger charge is 2.50. The normalized spacial score (nSPS) is 24.6. The number of methoxy groups -OCH3 is 1. The second-order valence-corrected chi connectivity index (χ2v) is 8.09. The number of nitrogens with one attached hydrogen (secondary N) is 1. The van der Waals surface area contributed by atoms with Crippen LogP contribution in [0.15, 0.2) is 17.0 Å². The summed E-state index contributed by atoms with van der Waals surface area (Å²) in [6, 6.07) is 3.25. The maximum Gasteiger partial charge on any atom is 0.241 e. The Morgan fingerprint density at radius 1 is 1.29 bits per heavy atom. The minimum absolute atomic E-state index is 0.0822. The standard InChI is InChI=1S/C15H24N2O3S/c1-9-6-11(16)7-10(2)14(9)21(18,19)17-12-8-13(20-5)15(12,3)4/h6-7,12-13,17H,8,16H2,1-5H3. The fourth-order valence-corrected chi connectivity index (χ4v) is 5.00. The van der Waals surface area contributed by atoms with Crippen molar-refractivity contribution in [3.63, 3.8) is 0 Å². The van der Waals surface area contributed by atoms with Gasteiger partial charge in [-0.3, -0.25) is 0 Å². The maximum atomic E-state index is 12.7. The van der Waals surface area contributed by atoms with Gasteiger partial charge in [0.05, 0.1) is 11.0 Å². The van der Waals surface area contributed by atoms with Crippen LogP contribution in [-0.2, 0) is 14.8 Å². The number of hydrogen-bond donors (Lipinski definition) is 2. The van der Waals surface area contributed by atoms with Crippen molar-refractivity contribution in [2.75, 3.05) is 12.8 Å². The highest BCUT2D eigenvalue weighted by molar-refractivity contribution is 7.89. The molecule has 0 amide bonds. The molecule has 2 atom stereocenters. The first-order valence-electron chi connectivity index (χ1n) is 7.01. The molecule has 0 aliphatic heterocycles. The van der Waals surface area contributed by atoms with Gasteiger partial charge in [0.1, 0.15) is 0 Å². The molecule has 1 aromatic rings. The van der Waals surface area contributed by atoms with Crippen LogP contribution in [0.3, 0.4) is 0 Å². The van der Waals surface area contributed by atoms with E-state index in [9.17, 15) is 8.42 Å². The second kappa shape index (κ2) is 5.26. The average molecular weight is 312 g/mol. The summed E-state index contributed by atoms with van der Waals surface area (Å²) in [6.45, 7) is 7.56. The summed E-state index contributed by atoms with van der Waals surface area (Å²) in [7, 11) is -1.90. The molecular formula is C15H24N2O3S. The molecule has 2 rings (SSSR count). The van der Waals surface area contributed by atoms with Gasteiger partial charge >= 0.3 is 0 Å². The van der Waals surface area contributed by atoms with Gasteiger partial charge < -0.3 is 10.5 Å². The summed E-state index contributed by atoms with van der Waals surface area (Å²) in [5.41, 5.74) is 7.46. The molecule has 0 heterocycles. The number of nitrogens with two attached hydrogens (primary N) is 1. The monoisotopic (exact) mass is 312 g/mol. The van der Waals surface area contributed by atoms with Crippen LogP contribution in [-0.4, -0.2) is 27.7 Å². The van der Waals surface area contributed by atoms with Gasteiger partial charge in [0, 0.05) is 24.3 Å². The van der Waals surface area contributed by atoms with Gasteiger partial charge in [-0.05, 0) is 43.5 Å². The molecular weight excluding hydrogens is 288 g/mol. The van der Waals surface area contributed by atoms with Gasteiger partial charge in [0.25, 0.3) is 0 Å². The Hall–Kier alpha value is -1.11. The van der Waals surface area contributed by atoms with Crippen LogP contribution in [0.25, 0.3) is 0 Å². The third-order valence-electron chi connectivity index (χ3n) is 4.51. The van der Waals surface area contributed by atoms with Crippen molar-refractivity contribution in [2.24, 2.45) is 5.41 Å². The Balaban J connectivity index is 2.29. The molecule has 5 nitrogen and oxygen atoms in total. The van der Waals surface area contributed by atoms with E-state index in [1.807, 2.05) is 13.8 Å². The molecule has 1 aliphatic rings. The number of nitrogen functional groups attached to an aromatic ring is 1. The van der Waals surface area contributed by atoms with Gasteiger partial charge in [-0.15, -0.1) is 0 Å². The molecule has 1 fully saturated rings. The smallest absolute Gasteiger partial charge is 0.241 e. The number of ether oxygens (including phenoxy) is 1. The first-order chi connectivity index (χ1) is 9.59. The number of anilines is 1. The van der Waals surface area contributed by atoms with Crippen molar-refractivity contribution < 1.29 is 13.2 Å². The van der Waals surface area contributed by atoms with E-state index in [2.05, 4.69) is 4.72 Å². The minimum atomic E-state index is -3.56. The molecule has 1 saturated carbocycles. The Labute approximate surface area is 126 Å². The van der Waals surface area contributed by atoms with E-state index in [0.29, 0.717) is 28.1 Å². The molecule has 0 saturated heterocycles. The molecule has 21 heavy (non-hydrogen) atoms. The lowest BCUT2D eigenvalue weighted by Crippen LogP contribution is -2.61. The zero-order valence-corrected chi connectivity index (χ0v) is 14.0. The van der Waals surface area contributed by atoms with Crippen LogP contribution < -0.4 is 10.5 Å². The van der Waals surface area contributed by atoms with Crippen molar-refractivity contribution in [3.8, 4) is 0 Å². The number of hydrogen-bond acceptors (Lipinski definition) is 4. The second-order valence-electron chi connectivity index (χ2n) is 6.44. The van der Waals surface area contributed by atoms with Crippen LogP contribution in [0.1, 0.15) is 31.4 Å². The zero-order chi connectivity index (χ0) is 16.0. The Bertz CT molecular complexity index is 630. The molecule has 0 bridgehead atoms. The van der Waals surface area contributed by atoms with Crippen molar-refractivity contribution >= 4 is 15.7 Å². The van der Waals surface area contributed by atoms with Crippen LogP contribution in [0.5, 0.6) is 0 Å². The SMILES string of the molecule is COC1CC(NS(=O)(=O)c2c(C)cc(N)cc2C)C1(C)C. The Kier molecular flexibility index (Phi) is 4.08. The fraction of sp³-hybridized carbons (Fsp3) is 0.600. The fourth-order valence-electron chi connectivity index (χ4n) is 3.14. The summed E-state index contributed by atoms with van der Waals surface area (Å²) >= 11 is 0.